The molecular formula is C9H10N4O. The number of aryl methyl sites for hydroxylation is 1. The fourth-order valence-electron chi connectivity index (χ4n) is 1.20. The van der Waals surface area contributed by atoms with Crippen LogP contribution in [-0.4, -0.2) is 25.2 Å². The van der Waals surface area contributed by atoms with Crippen LogP contribution < -0.4 is 0 Å². The van der Waals surface area contributed by atoms with Crippen LogP contribution >= 0.6 is 0 Å². The summed E-state index contributed by atoms with van der Waals surface area (Å²) in [7, 11) is 1.86. The van der Waals surface area contributed by atoms with Gasteiger partial charge in [-0.25, -0.2) is 9.67 Å². The van der Waals surface area contributed by atoms with Gasteiger partial charge >= 0.3 is 0 Å². The zero-order chi connectivity index (χ0) is 9.97. The Morgan fingerprint density at radius 1 is 1.43 bits per heavy atom. The molecule has 0 radical (unpaired) electrons. The predicted octanol–water partition coefficient (Wildman–Crippen LogP) is 0.500. The number of hydrogen-bond donors (Lipinski definition) is 0. The molecule has 0 fully saturated rings. The van der Waals surface area contributed by atoms with Gasteiger partial charge in [-0.3, -0.25) is 4.79 Å². The van der Waals surface area contributed by atoms with Crippen molar-refractivity contribution in [1.82, 2.24) is 19.3 Å². The van der Waals surface area contributed by atoms with E-state index in [0.717, 1.165) is 5.82 Å². The second kappa shape index (κ2) is 3.45. The van der Waals surface area contributed by atoms with Gasteiger partial charge in [-0.15, -0.1) is 0 Å². The van der Waals surface area contributed by atoms with Crippen LogP contribution in [0.1, 0.15) is 10.6 Å². The van der Waals surface area contributed by atoms with Gasteiger partial charge in [-0.2, -0.15) is 5.10 Å². The zero-order valence-corrected chi connectivity index (χ0v) is 7.79. The van der Waals surface area contributed by atoms with Crippen LogP contribution in [0.25, 0.3) is 0 Å². The van der Waals surface area contributed by atoms with Crippen molar-refractivity contribution in [3.05, 3.63) is 36.7 Å². The van der Waals surface area contributed by atoms with Crippen molar-refractivity contribution in [3.8, 4) is 0 Å². The summed E-state index contributed by atoms with van der Waals surface area (Å²) < 4.78 is 3.14. The molecule has 2 heterocycles. The highest BCUT2D eigenvalue weighted by molar-refractivity contribution is 5.79. The molecule has 0 spiro atoms. The van der Waals surface area contributed by atoms with Crippen LogP contribution in [0.4, 0.5) is 0 Å². The maximum Gasteiger partial charge on any atom is 0.254 e. The monoisotopic (exact) mass is 190 g/mol. The fraction of sp³-hybridized carbons (Fsp3) is 0.222. The molecule has 0 aliphatic carbocycles. The first-order valence-electron chi connectivity index (χ1n) is 4.26. The first kappa shape index (κ1) is 8.68. The molecule has 0 N–H and O–H groups in total. The second-order valence-corrected chi connectivity index (χ2v) is 2.98. The Morgan fingerprint density at radius 2 is 2.29 bits per heavy atom. The molecule has 0 aliphatic rings. The number of rotatable bonds is 2. The molecule has 5 heteroatoms. The minimum Gasteiger partial charge on any atom is -0.338 e. The molecular weight excluding hydrogens is 180 g/mol. The largest absolute Gasteiger partial charge is 0.338 e. The Morgan fingerprint density at radius 3 is 2.86 bits per heavy atom. The molecule has 2 aromatic heterocycles. The van der Waals surface area contributed by atoms with Gasteiger partial charge in [0.15, 0.2) is 0 Å². The van der Waals surface area contributed by atoms with Gasteiger partial charge < -0.3 is 4.57 Å². The highest BCUT2D eigenvalue weighted by Gasteiger charge is 2.08. The summed E-state index contributed by atoms with van der Waals surface area (Å²) in [4.78, 5) is 15.6. The van der Waals surface area contributed by atoms with Crippen molar-refractivity contribution < 1.29 is 4.79 Å². The number of carbonyl (C=O) groups excluding carboxylic acids is 1. The molecule has 0 aliphatic heterocycles. The average molecular weight is 190 g/mol. The molecule has 0 aromatic carbocycles. The lowest BCUT2D eigenvalue weighted by Gasteiger charge is -2.00. The maximum atomic E-state index is 11.6. The van der Waals surface area contributed by atoms with Crippen molar-refractivity contribution in [3.63, 3.8) is 0 Å². The summed E-state index contributed by atoms with van der Waals surface area (Å²) in [6.07, 6.45) is 6.96. The molecule has 0 atom stereocenters. The quantitative estimate of drug-likeness (QED) is 0.692. The number of aromatic nitrogens is 4. The molecule has 0 unspecified atom stereocenters. The van der Waals surface area contributed by atoms with E-state index in [9.17, 15) is 4.79 Å². The van der Waals surface area contributed by atoms with Crippen LogP contribution in [-0.2, 0) is 13.5 Å². The summed E-state index contributed by atoms with van der Waals surface area (Å²) in [5.41, 5.74) is 0. The molecule has 14 heavy (non-hydrogen) atoms. The van der Waals surface area contributed by atoms with Crippen LogP contribution in [0.2, 0.25) is 0 Å². The van der Waals surface area contributed by atoms with Crippen molar-refractivity contribution in [1.29, 1.82) is 0 Å². The van der Waals surface area contributed by atoms with Crippen molar-refractivity contribution in [2.45, 2.75) is 6.42 Å². The molecule has 2 rings (SSSR count). The van der Waals surface area contributed by atoms with Gasteiger partial charge in [0, 0.05) is 31.8 Å². The summed E-state index contributed by atoms with van der Waals surface area (Å²) >= 11 is 0. The van der Waals surface area contributed by atoms with Gasteiger partial charge in [-0.05, 0) is 6.07 Å². The van der Waals surface area contributed by atoms with E-state index in [-0.39, 0.29) is 12.3 Å². The molecule has 2 aromatic rings. The summed E-state index contributed by atoms with van der Waals surface area (Å²) in [6.45, 7) is 0. The lowest BCUT2D eigenvalue weighted by Crippen LogP contribution is -2.16. The van der Waals surface area contributed by atoms with Gasteiger partial charge in [0.2, 0.25) is 0 Å². The van der Waals surface area contributed by atoms with E-state index in [1.165, 1.54) is 4.68 Å². The number of nitrogens with zero attached hydrogens (tertiary/aromatic N) is 4. The summed E-state index contributed by atoms with van der Waals surface area (Å²) in [6, 6.07) is 1.72. The van der Waals surface area contributed by atoms with E-state index in [0.29, 0.717) is 0 Å². The highest BCUT2D eigenvalue weighted by Crippen LogP contribution is 1.97. The van der Waals surface area contributed by atoms with E-state index in [1.54, 1.807) is 24.7 Å². The molecule has 0 saturated heterocycles. The van der Waals surface area contributed by atoms with E-state index in [2.05, 4.69) is 10.1 Å². The first-order valence-corrected chi connectivity index (χ1v) is 4.26. The van der Waals surface area contributed by atoms with Crippen LogP contribution in [0.15, 0.2) is 30.9 Å². The Kier molecular flexibility index (Phi) is 2.14. The third kappa shape index (κ3) is 1.56. The maximum absolute atomic E-state index is 11.6. The fourth-order valence-corrected chi connectivity index (χ4v) is 1.20. The van der Waals surface area contributed by atoms with Gasteiger partial charge in [0.1, 0.15) is 5.82 Å². The molecule has 0 bridgehead atoms. The Bertz CT molecular complexity index is 429. The van der Waals surface area contributed by atoms with E-state index >= 15 is 0 Å². The average Bonchev–Trinajstić information content (AvgIpc) is 2.77. The van der Waals surface area contributed by atoms with E-state index in [4.69, 9.17) is 0 Å². The first-order chi connectivity index (χ1) is 6.77. The third-order valence-electron chi connectivity index (χ3n) is 1.99. The van der Waals surface area contributed by atoms with Crippen molar-refractivity contribution >= 4 is 5.91 Å². The SMILES string of the molecule is Cn1ccnc1CC(=O)n1cccn1. The zero-order valence-electron chi connectivity index (χ0n) is 7.79. The minimum atomic E-state index is -0.0794. The number of hydrogen-bond acceptors (Lipinski definition) is 3. The topological polar surface area (TPSA) is 52.7 Å². The van der Waals surface area contributed by atoms with Crippen molar-refractivity contribution in [2.24, 2.45) is 7.05 Å². The second-order valence-electron chi connectivity index (χ2n) is 2.98. The standard InChI is InChI=1S/C9H10N4O/c1-12-6-4-10-8(12)7-9(14)13-5-2-3-11-13/h2-6H,7H2,1H3. The van der Waals surface area contributed by atoms with E-state index < -0.39 is 0 Å². The smallest absolute Gasteiger partial charge is 0.254 e. The van der Waals surface area contributed by atoms with Gasteiger partial charge in [-0.1, -0.05) is 0 Å². The highest BCUT2D eigenvalue weighted by atomic mass is 16.2. The lowest BCUT2D eigenvalue weighted by atomic mass is 10.4. The van der Waals surface area contributed by atoms with Gasteiger partial charge in [0.05, 0.1) is 6.42 Å². The Hall–Kier alpha value is -1.91. The number of imidazole rings is 1. The molecule has 0 saturated carbocycles. The predicted molar refractivity (Wildman–Crippen MR) is 49.8 cm³/mol. The van der Waals surface area contributed by atoms with Gasteiger partial charge in [0.25, 0.3) is 5.91 Å². The third-order valence-corrected chi connectivity index (χ3v) is 1.99. The normalized spacial score (nSPS) is 10.4. The van der Waals surface area contributed by atoms with Crippen LogP contribution in [0.5, 0.6) is 0 Å². The van der Waals surface area contributed by atoms with Crippen LogP contribution in [0, 0.1) is 0 Å². The Balaban J connectivity index is 2.13. The summed E-state index contributed by atoms with van der Waals surface area (Å²) in [5.74, 6) is 0.662. The minimum absolute atomic E-state index is 0.0794. The van der Waals surface area contributed by atoms with Crippen LogP contribution in [0.3, 0.4) is 0 Å². The van der Waals surface area contributed by atoms with Crippen molar-refractivity contribution in [2.75, 3.05) is 0 Å². The molecule has 72 valence electrons. The molecule has 0 amide bonds. The Labute approximate surface area is 81.0 Å². The lowest BCUT2D eigenvalue weighted by molar-refractivity contribution is 0.0895. The molecule has 5 nitrogen and oxygen atoms in total. The summed E-state index contributed by atoms with van der Waals surface area (Å²) in [5, 5.41) is 3.86. The van der Waals surface area contributed by atoms with E-state index in [1.807, 2.05) is 17.8 Å². The number of carbonyl (C=O) groups is 1.